The van der Waals surface area contributed by atoms with Gasteiger partial charge in [-0.15, -0.1) is 0 Å². The topological polar surface area (TPSA) is 64.8 Å². The zero-order valence-electron chi connectivity index (χ0n) is 9.72. The zero-order chi connectivity index (χ0) is 11.5. The Morgan fingerprint density at radius 2 is 2.25 bits per heavy atom. The molecule has 0 aromatic carbocycles. The van der Waals surface area contributed by atoms with E-state index in [-0.39, 0.29) is 17.9 Å². The molecule has 2 N–H and O–H groups in total. The van der Waals surface area contributed by atoms with Gasteiger partial charge in [-0.05, 0) is 12.8 Å². The highest BCUT2D eigenvalue weighted by Crippen LogP contribution is 2.29. The van der Waals surface area contributed by atoms with Crippen molar-refractivity contribution in [1.82, 2.24) is 4.90 Å². The van der Waals surface area contributed by atoms with Gasteiger partial charge >= 0.3 is 0 Å². The minimum atomic E-state index is -0.155. The second-order valence-corrected chi connectivity index (χ2v) is 4.56. The van der Waals surface area contributed by atoms with Crippen LogP contribution >= 0.6 is 0 Å². The number of amides is 1. The third-order valence-corrected chi connectivity index (χ3v) is 3.25. The number of hydrogen-bond acceptors (Lipinski definition) is 4. The number of hydrogen-bond donors (Lipinski definition) is 1. The maximum absolute atomic E-state index is 12.3. The fraction of sp³-hybridized carbons (Fsp3) is 0.909. The normalized spacial score (nSPS) is 29.4. The average molecular weight is 228 g/mol. The van der Waals surface area contributed by atoms with E-state index in [1.165, 1.54) is 0 Å². The summed E-state index contributed by atoms with van der Waals surface area (Å²) in [5, 5.41) is 0. The van der Waals surface area contributed by atoms with Gasteiger partial charge in [-0.1, -0.05) is 0 Å². The van der Waals surface area contributed by atoms with Gasteiger partial charge in [-0.25, -0.2) is 0 Å². The molecule has 1 aliphatic heterocycles. The quantitative estimate of drug-likeness (QED) is 0.695. The Bertz CT molecular complexity index is 256. The van der Waals surface area contributed by atoms with Crippen molar-refractivity contribution in [3.63, 3.8) is 0 Å². The number of ether oxygens (including phenoxy) is 2. The fourth-order valence-electron chi connectivity index (χ4n) is 2.09. The van der Waals surface area contributed by atoms with Gasteiger partial charge in [0.2, 0.25) is 5.91 Å². The molecule has 2 unspecified atom stereocenters. The first kappa shape index (κ1) is 11.8. The van der Waals surface area contributed by atoms with Crippen LogP contribution in [0.2, 0.25) is 0 Å². The summed E-state index contributed by atoms with van der Waals surface area (Å²) >= 11 is 0. The number of carbonyl (C=O) groups excluding carboxylic acids is 1. The molecule has 2 aliphatic rings. The third kappa shape index (κ3) is 2.53. The molecular formula is C11H20N2O3. The van der Waals surface area contributed by atoms with E-state index in [0.29, 0.717) is 32.4 Å². The lowest BCUT2D eigenvalue weighted by Crippen LogP contribution is -2.45. The lowest BCUT2D eigenvalue weighted by atomic mass is 10.0. The highest BCUT2D eigenvalue weighted by Gasteiger charge is 2.39. The maximum Gasteiger partial charge on any atom is 0.230 e. The van der Waals surface area contributed by atoms with Crippen LogP contribution in [0.25, 0.3) is 0 Å². The van der Waals surface area contributed by atoms with Gasteiger partial charge in [0.25, 0.3) is 0 Å². The predicted octanol–water partition coefficient (Wildman–Crippen LogP) is -0.402. The molecule has 1 aliphatic carbocycles. The number of carbonyl (C=O) groups is 1. The van der Waals surface area contributed by atoms with Crippen LogP contribution in [0.1, 0.15) is 12.8 Å². The number of methoxy groups -OCH3 is 1. The van der Waals surface area contributed by atoms with Gasteiger partial charge in [0.1, 0.15) is 0 Å². The van der Waals surface area contributed by atoms with Gasteiger partial charge in [-0.3, -0.25) is 4.79 Å². The van der Waals surface area contributed by atoms with Crippen molar-refractivity contribution >= 4 is 5.91 Å². The standard InChI is InChI=1S/C11H20N2O3/c1-15-5-4-13(8-2-3-8)11(14)9-6-16-7-10(9)12/h8-10H,2-7,12H2,1H3. The molecule has 0 bridgehead atoms. The van der Waals surface area contributed by atoms with Gasteiger partial charge in [-0.2, -0.15) is 0 Å². The molecule has 1 heterocycles. The zero-order valence-corrected chi connectivity index (χ0v) is 9.72. The van der Waals surface area contributed by atoms with Gasteiger partial charge in [0.15, 0.2) is 0 Å². The lowest BCUT2D eigenvalue weighted by molar-refractivity contribution is -0.137. The van der Waals surface area contributed by atoms with E-state index in [2.05, 4.69) is 0 Å². The molecule has 92 valence electrons. The maximum atomic E-state index is 12.3. The third-order valence-electron chi connectivity index (χ3n) is 3.25. The number of nitrogens with two attached hydrogens (primary N) is 1. The molecule has 0 aromatic rings. The molecule has 1 saturated carbocycles. The molecule has 16 heavy (non-hydrogen) atoms. The first-order chi connectivity index (χ1) is 7.74. The van der Waals surface area contributed by atoms with Crippen LogP contribution < -0.4 is 5.73 Å². The van der Waals surface area contributed by atoms with Gasteiger partial charge in [0.05, 0.1) is 25.7 Å². The van der Waals surface area contributed by atoms with Crippen molar-refractivity contribution in [3.8, 4) is 0 Å². The molecule has 5 heteroatoms. The molecule has 0 aromatic heterocycles. The summed E-state index contributed by atoms with van der Waals surface area (Å²) in [5.74, 6) is -0.0120. The van der Waals surface area contributed by atoms with E-state index in [1.54, 1.807) is 7.11 Å². The van der Waals surface area contributed by atoms with Crippen LogP contribution in [-0.2, 0) is 14.3 Å². The Morgan fingerprint density at radius 3 is 2.75 bits per heavy atom. The Balaban J connectivity index is 1.93. The van der Waals surface area contributed by atoms with Gasteiger partial charge in [0, 0.05) is 25.7 Å². The molecule has 5 nitrogen and oxygen atoms in total. The molecule has 1 saturated heterocycles. The average Bonchev–Trinajstić information content (AvgIpc) is 3.01. The summed E-state index contributed by atoms with van der Waals surface area (Å²) in [6.45, 7) is 2.23. The highest BCUT2D eigenvalue weighted by atomic mass is 16.5. The highest BCUT2D eigenvalue weighted by molar-refractivity contribution is 5.80. The minimum absolute atomic E-state index is 0.142. The smallest absolute Gasteiger partial charge is 0.230 e. The molecule has 0 radical (unpaired) electrons. The molecule has 2 fully saturated rings. The molecule has 2 atom stereocenters. The van der Waals surface area contributed by atoms with Crippen LogP contribution in [-0.4, -0.2) is 56.4 Å². The molecule has 2 rings (SSSR count). The molecule has 0 spiro atoms. The summed E-state index contributed by atoms with van der Waals surface area (Å²) in [7, 11) is 1.65. The minimum Gasteiger partial charge on any atom is -0.383 e. The van der Waals surface area contributed by atoms with E-state index in [0.717, 1.165) is 12.8 Å². The Kier molecular flexibility index (Phi) is 3.78. The predicted molar refractivity (Wildman–Crippen MR) is 58.9 cm³/mol. The van der Waals surface area contributed by atoms with Crippen molar-refractivity contribution in [2.75, 3.05) is 33.5 Å². The van der Waals surface area contributed by atoms with E-state index < -0.39 is 0 Å². The van der Waals surface area contributed by atoms with Gasteiger partial charge < -0.3 is 20.1 Å². The number of nitrogens with zero attached hydrogens (tertiary/aromatic N) is 1. The van der Waals surface area contributed by atoms with Crippen LogP contribution in [0, 0.1) is 5.92 Å². The molecule has 1 amide bonds. The van der Waals surface area contributed by atoms with E-state index in [9.17, 15) is 4.79 Å². The van der Waals surface area contributed by atoms with Crippen molar-refractivity contribution in [1.29, 1.82) is 0 Å². The number of rotatable bonds is 5. The summed E-state index contributed by atoms with van der Waals surface area (Å²) in [6.07, 6.45) is 2.22. The van der Waals surface area contributed by atoms with E-state index in [1.807, 2.05) is 4.90 Å². The second kappa shape index (κ2) is 5.12. The van der Waals surface area contributed by atoms with Crippen LogP contribution in [0.5, 0.6) is 0 Å². The monoisotopic (exact) mass is 228 g/mol. The summed E-state index contributed by atoms with van der Waals surface area (Å²) in [5.41, 5.74) is 5.86. The van der Waals surface area contributed by atoms with Crippen molar-refractivity contribution in [2.24, 2.45) is 11.7 Å². The van der Waals surface area contributed by atoms with E-state index >= 15 is 0 Å². The fourth-order valence-corrected chi connectivity index (χ4v) is 2.09. The van der Waals surface area contributed by atoms with Crippen molar-refractivity contribution in [3.05, 3.63) is 0 Å². The summed E-state index contributed by atoms with van der Waals surface area (Å²) in [6, 6.07) is 0.270. The van der Waals surface area contributed by atoms with Crippen LogP contribution in [0.15, 0.2) is 0 Å². The Hall–Kier alpha value is -0.650. The second-order valence-electron chi connectivity index (χ2n) is 4.56. The SMILES string of the molecule is COCCN(C(=O)C1COCC1N)C1CC1. The summed E-state index contributed by atoms with van der Waals surface area (Å²) < 4.78 is 10.3. The lowest BCUT2D eigenvalue weighted by Gasteiger charge is -2.26. The van der Waals surface area contributed by atoms with Crippen molar-refractivity contribution in [2.45, 2.75) is 24.9 Å². The first-order valence-electron chi connectivity index (χ1n) is 5.86. The van der Waals surface area contributed by atoms with Crippen LogP contribution in [0.4, 0.5) is 0 Å². The van der Waals surface area contributed by atoms with Crippen molar-refractivity contribution < 1.29 is 14.3 Å². The van der Waals surface area contributed by atoms with Crippen LogP contribution in [0.3, 0.4) is 0 Å². The Labute approximate surface area is 95.9 Å². The Morgan fingerprint density at radius 1 is 1.50 bits per heavy atom. The molecular weight excluding hydrogens is 208 g/mol. The van der Waals surface area contributed by atoms with E-state index in [4.69, 9.17) is 15.2 Å². The summed E-state index contributed by atoms with van der Waals surface area (Å²) in [4.78, 5) is 14.2. The first-order valence-corrected chi connectivity index (χ1v) is 5.86. The largest absolute Gasteiger partial charge is 0.383 e.